The predicted octanol–water partition coefficient (Wildman–Crippen LogP) is 3.85. The van der Waals surface area contributed by atoms with Crippen LogP contribution >= 0.6 is 0 Å². The van der Waals surface area contributed by atoms with Crippen LogP contribution < -0.4 is 25.5 Å². The largest absolute Gasteiger partial charge is 0.492 e. The Balaban J connectivity index is 2.07. The van der Waals surface area contributed by atoms with Crippen LogP contribution in [-0.4, -0.2) is 43.4 Å². The summed E-state index contributed by atoms with van der Waals surface area (Å²) in [6.07, 6.45) is 7.94. The number of carboxylic acid groups (broad SMARTS) is 1. The molecule has 1 aromatic rings. The van der Waals surface area contributed by atoms with Crippen molar-refractivity contribution in [1.29, 1.82) is 0 Å². The van der Waals surface area contributed by atoms with Crippen molar-refractivity contribution in [2.75, 3.05) is 14.2 Å². The average molecular weight is 459 g/mol. The number of ether oxygens (including phenoxy) is 3. The zero-order valence-corrected chi connectivity index (χ0v) is 19.6. The maximum absolute atomic E-state index is 11.1. The molecule has 180 valence electrons. The molecule has 0 aliphatic heterocycles. The van der Waals surface area contributed by atoms with E-state index in [1.165, 1.54) is 11.9 Å². The molecule has 0 aromatic heterocycles. The molecule has 0 radical (unpaired) electrons. The monoisotopic (exact) mass is 458 g/mol. The van der Waals surface area contributed by atoms with Gasteiger partial charge in [-0.15, -0.1) is 0 Å². The van der Waals surface area contributed by atoms with Crippen LogP contribution in [0.5, 0.6) is 17.2 Å². The van der Waals surface area contributed by atoms with Gasteiger partial charge in [-0.05, 0) is 56.6 Å². The van der Waals surface area contributed by atoms with Gasteiger partial charge in [0.1, 0.15) is 6.34 Å². The smallest absolute Gasteiger partial charge is 0.303 e. The zero-order chi connectivity index (χ0) is 23.8. The van der Waals surface area contributed by atoms with Crippen molar-refractivity contribution in [3.63, 3.8) is 0 Å². The molecule has 33 heavy (non-hydrogen) atoms. The number of hydrogen-bond acceptors (Lipinski definition) is 7. The Labute approximate surface area is 194 Å². The Hall–Kier alpha value is -3.23. The second kappa shape index (κ2) is 11.6. The fourth-order valence-corrected chi connectivity index (χ4v) is 4.70. The quantitative estimate of drug-likeness (QED) is 0.199. The van der Waals surface area contributed by atoms with Gasteiger partial charge in [-0.25, -0.2) is 0 Å². The molecule has 0 saturated carbocycles. The second-order valence-electron chi connectivity index (χ2n) is 8.23. The average Bonchev–Trinajstić information content (AvgIpc) is 3.09. The van der Waals surface area contributed by atoms with E-state index in [-0.39, 0.29) is 12.5 Å². The number of hydrogen-bond donors (Lipinski definition) is 3. The van der Waals surface area contributed by atoms with E-state index in [2.05, 4.69) is 22.6 Å². The molecule has 2 aliphatic carbocycles. The topological polar surface area (TPSA) is 128 Å². The molecule has 1 aromatic carbocycles. The molecule has 1 unspecified atom stereocenters. The molecular weight excluding hydrogens is 424 g/mol. The van der Waals surface area contributed by atoms with Crippen LogP contribution in [0, 0.1) is 0 Å². The van der Waals surface area contributed by atoms with Crippen molar-refractivity contribution >= 4 is 23.6 Å². The van der Waals surface area contributed by atoms with Crippen molar-refractivity contribution in [2.24, 2.45) is 16.0 Å². The molecule has 1 atom stereocenters. The van der Waals surface area contributed by atoms with Crippen LogP contribution in [0.1, 0.15) is 69.4 Å². The lowest BCUT2D eigenvalue weighted by atomic mass is 9.94. The Morgan fingerprint density at radius 1 is 1.21 bits per heavy atom. The fourth-order valence-electron chi connectivity index (χ4n) is 4.70. The van der Waals surface area contributed by atoms with E-state index in [4.69, 9.17) is 25.2 Å². The van der Waals surface area contributed by atoms with Crippen LogP contribution in [0.4, 0.5) is 0 Å². The van der Waals surface area contributed by atoms with Gasteiger partial charge < -0.3 is 25.2 Å². The van der Waals surface area contributed by atoms with Gasteiger partial charge in [0, 0.05) is 17.6 Å². The SMILES string of the molecule is CCCC(CCC(=O)O)Oc1cc2c(c(OC)c1OC)C1=C(CCC2)CCC1=NNC=NN. The summed E-state index contributed by atoms with van der Waals surface area (Å²) in [6.45, 7) is 2.06. The lowest BCUT2D eigenvalue weighted by molar-refractivity contribution is -0.137. The maximum atomic E-state index is 11.1. The Bertz CT molecular complexity index is 955. The normalized spacial score (nSPS) is 17.5. The lowest BCUT2D eigenvalue weighted by Gasteiger charge is -2.24. The number of hydrazone groups is 2. The van der Waals surface area contributed by atoms with Gasteiger partial charge in [0.05, 0.1) is 26.0 Å². The predicted molar refractivity (Wildman–Crippen MR) is 128 cm³/mol. The van der Waals surface area contributed by atoms with Gasteiger partial charge in [-0.2, -0.15) is 10.2 Å². The highest BCUT2D eigenvalue weighted by molar-refractivity contribution is 6.28. The van der Waals surface area contributed by atoms with Crippen molar-refractivity contribution in [2.45, 2.75) is 70.8 Å². The number of nitrogens with two attached hydrogens (primary N) is 1. The molecule has 9 heteroatoms. The lowest BCUT2D eigenvalue weighted by Crippen LogP contribution is -2.19. The maximum Gasteiger partial charge on any atom is 0.303 e. The van der Waals surface area contributed by atoms with Gasteiger partial charge in [-0.1, -0.05) is 18.9 Å². The number of carbonyl (C=O) groups is 1. The Morgan fingerprint density at radius 3 is 2.67 bits per heavy atom. The molecule has 9 nitrogen and oxygen atoms in total. The Morgan fingerprint density at radius 2 is 2.00 bits per heavy atom. The number of rotatable bonds is 11. The van der Waals surface area contributed by atoms with E-state index in [1.54, 1.807) is 14.2 Å². The standard InChI is InChI=1S/C24H34N4O5/c1-4-6-17(10-12-20(29)30)33-19-13-16-8-5-7-15-9-11-18(28-27-14-26-25)21(15)22(16)24(32-3)23(19)31-2/h13-14,17H,4-12,25H2,1-3H3,(H,26,27)(H,29,30). The van der Waals surface area contributed by atoms with Gasteiger partial charge in [-0.3, -0.25) is 10.2 Å². The number of benzene rings is 1. The Kier molecular flexibility index (Phi) is 8.57. The molecular formula is C24H34N4O5. The van der Waals surface area contributed by atoms with E-state index in [0.29, 0.717) is 23.7 Å². The molecule has 0 fully saturated rings. The number of allylic oxidation sites excluding steroid dienone is 2. The first-order valence-electron chi connectivity index (χ1n) is 11.5. The van der Waals surface area contributed by atoms with Crippen molar-refractivity contribution < 1.29 is 24.1 Å². The van der Waals surface area contributed by atoms with Crippen LogP contribution in [-0.2, 0) is 11.2 Å². The van der Waals surface area contributed by atoms with Crippen LogP contribution in [0.25, 0.3) is 5.57 Å². The first kappa shape index (κ1) is 24.4. The van der Waals surface area contributed by atoms with E-state index < -0.39 is 5.97 Å². The number of methoxy groups -OCH3 is 2. The van der Waals surface area contributed by atoms with Crippen LogP contribution in [0.2, 0.25) is 0 Å². The van der Waals surface area contributed by atoms with Gasteiger partial charge >= 0.3 is 5.97 Å². The summed E-state index contributed by atoms with van der Waals surface area (Å²) in [5.74, 6) is 6.09. The van der Waals surface area contributed by atoms with E-state index in [1.807, 2.05) is 6.07 Å². The van der Waals surface area contributed by atoms with Gasteiger partial charge in [0.25, 0.3) is 0 Å². The third-order valence-corrected chi connectivity index (χ3v) is 6.09. The van der Waals surface area contributed by atoms with Crippen molar-refractivity contribution in [3.8, 4) is 17.2 Å². The molecule has 0 heterocycles. The highest BCUT2D eigenvalue weighted by atomic mass is 16.5. The van der Waals surface area contributed by atoms with Crippen molar-refractivity contribution in [1.82, 2.24) is 5.43 Å². The first-order chi connectivity index (χ1) is 16.0. The summed E-state index contributed by atoms with van der Waals surface area (Å²) in [6, 6.07) is 2.03. The van der Waals surface area contributed by atoms with Crippen LogP contribution in [0.15, 0.2) is 21.8 Å². The van der Waals surface area contributed by atoms with Crippen LogP contribution in [0.3, 0.4) is 0 Å². The molecule has 0 bridgehead atoms. The van der Waals surface area contributed by atoms with Crippen molar-refractivity contribution in [3.05, 3.63) is 22.8 Å². The third-order valence-electron chi connectivity index (χ3n) is 6.09. The summed E-state index contributed by atoms with van der Waals surface area (Å²) in [7, 11) is 3.23. The van der Waals surface area contributed by atoms with E-state index in [0.717, 1.165) is 67.4 Å². The molecule has 4 N–H and O–H groups in total. The second-order valence-corrected chi connectivity index (χ2v) is 8.23. The van der Waals surface area contributed by atoms with E-state index in [9.17, 15) is 4.79 Å². The number of fused-ring (bicyclic) bond motifs is 2. The minimum Gasteiger partial charge on any atom is -0.492 e. The molecule has 0 spiro atoms. The third kappa shape index (κ3) is 5.58. The van der Waals surface area contributed by atoms with E-state index >= 15 is 0 Å². The number of aryl methyl sites for hydroxylation is 1. The molecule has 0 amide bonds. The first-order valence-corrected chi connectivity index (χ1v) is 11.5. The minimum atomic E-state index is -0.827. The fraction of sp³-hybridized carbons (Fsp3) is 0.542. The summed E-state index contributed by atoms with van der Waals surface area (Å²) in [5.41, 5.74) is 8.30. The number of nitrogens with one attached hydrogen (secondary N) is 1. The molecule has 0 saturated heterocycles. The summed E-state index contributed by atoms with van der Waals surface area (Å²) >= 11 is 0. The number of aliphatic carboxylic acids is 1. The summed E-state index contributed by atoms with van der Waals surface area (Å²) in [4.78, 5) is 11.1. The minimum absolute atomic E-state index is 0.0598. The molecule has 2 aliphatic rings. The highest BCUT2D eigenvalue weighted by Crippen LogP contribution is 2.50. The summed E-state index contributed by atoms with van der Waals surface area (Å²) in [5, 5.41) is 17.1. The number of nitrogens with zero attached hydrogens (tertiary/aromatic N) is 2. The number of carboxylic acids is 1. The van der Waals surface area contributed by atoms with Gasteiger partial charge in [0.2, 0.25) is 5.75 Å². The highest BCUT2D eigenvalue weighted by Gasteiger charge is 2.32. The summed E-state index contributed by atoms with van der Waals surface area (Å²) < 4.78 is 18.0. The molecule has 3 rings (SSSR count). The van der Waals surface area contributed by atoms with Gasteiger partial charge in [0.15, 0.2) is 11.5 Å². The zero-order valence-electron chi connectivity index (χ0n) is 19.6.